The second-order valence-corrected chi connectivity index (χ2v) is 7.87. The van der Waals surface area contributed by atoms with Crippen molar-refractivity contribution in [3.05, 3.63) is 50.5 Å². The van der Waals surface area contributed by atoms with Crippen molar-refractivity contribution in [2.45, 2.75) is 25.8 Å². The van der Waals surface area contributed by atoms with E-state index >= 15 is 0 Å². The first-order valence-electron chi connectivity index (χ1n) is 9.29. The summed E-state index contributed by atoms with van der Waals surface area (Å²) in [5, 5.41) is 13.8. The zero-order valence-electron chi connectivity index (χ0n) is 16.3. The normalized spacial score (nSPS) is 15.1. The number of anilines is 1. The molecule has 1 fully saturated rings. The number of carbonyl (C=O) groups excluding carboxylic acids is 2. The summed E-state index contributed by atoms with van der Waals surface area (Å²) >= 11 is 1.34. The van der Waals surface area contributed by atoms with E-state index in [4.69, 9.17) is 0 Å². The molecule has 2 heterocycles. The smallest absolute Gasteiger partial charge is 0.269 e. The van der Waals surface area contributed by atoms with E-state index in [1.54, 1.807) is 24.7 Å². The third kappa shape index (κ3) is 5.15. The van der Waals surface area contributed by atoms with Gasteiger partial charge in [-0.15, -0.1) is 11.3 Å². The van der Waals surface area contributed by atoms with E-state index in [2.05, 4.69) is 15.2 Å². The third-order valence-electron chi connectivity index (χ3n) is 5.06. The minimum atomic E-state index is -0.467. The van der Waals surface area contributed by atoms with Crippen LogP contribution in [-0.2, 0) is 4.79 Å². The Balaban J connectivity index is 1.47. The fourth-order valence-corrected chi connectivity index (χ4v) is 3.95. The molecule has 1 aliphatic heterocycles. The molecule has 9 nitrogen and oxygen atoms in total. The van der Waals surface area contributed by atoms with Crippen LogP contribution in [-0.4, -0.2) is 59.3 Å². The maximum absolute atomic E-state index is 12.6. The number of hydrogen-bond donors (Lipinski definition) is 1. The van der Waals surface area contributed by atoms with Gasteiger partial charge >= 0.3 is 0 Å². The van der Waals surface area contributed by atoms with Crippen molar-refractivity contribution in [3.63, 3.8) is 0 Å². The highest BCUT2D eigenvalue weighted by Gasteiger charge is 2.24. The van der Waals surface area contributed by atoms with Crippen LogP contribution in [0.1, 0.15) is 28.2 Å². The number of nitrogens with one attached hydrogen (secondary N) is 1. The van der Waals surface area contributed by atoms with E-state index in [-0.39, 0.29) is 30.1 Å². The van der Waals surface area contributed by atoms with E-state index in [9.17, 15) is 19.7 Å². The predicted octanol–water partition coefficient (Wildman–Crippen LogP) is 2.22. The van der Waals surface area contributed by atoms with Crippen LogP contribution in [0.5, 0.6) is 0 Å². The van der Waals surface area contributed by atoms with Crippen molar-refractivity contribution in [2.24, 2.45) is 0 Å². The molecule has 1 N–H and O–H groups in total. The molecule has 1 aromatic carbocycles. The molecule has 1 aromatic heterocycles. The Bertz CT molecular complexity index is 890. The Kier molecular flexibility index (Phi) is 6.55. The monoisotopic (exact) mass is 417 g/mol. The molecule has 0 radical (unpaired) electrons. The Morgan fingerprint density at radius 1 is 1.31 bits per heavy atom. The number of carbonyl (C=O) groups is 2. The second-order valence-electron chi connectivity index (χ2n) is 7.02. The number of hydrogen-bond acceptors (Lipinski definition) is 7. The molecule has 2 amide bonds. The average Bonchev–Trinajstić information content (AvgIpc) is 3.15. The molecule has 0 bridgehead atoms. The van der Waals surface area contributed by atoms with Gasteiger partial charge in [0.05, 0.1) is 22.7 Å². The summed E-state index contributed by atoms with van der Waals surface area (Å²) in [5.41, 5.74) is 3.01. The summed E-state index contributed by atoms with van der Waals surface area (Å²) in [6.07, 6.45) is 1.55. The highest BCUT2D eigenvalue weighted by Crippen LogP contribution is 2.19. The summed E-state index contributed by atoms with van der Waals surface area (Å²) in [5.74, 6) is -0.168. The number of amides is 2. The Morgan fingerprint density at radius 3 is 2.52 bits per heavy atom. The first-order valence-corrected chi connectivity index (χ1v) is 10.2. The molecule has 0 unspecified atom stereocenters. The van der Waals surface area contributed by atoms with E-state index in [1.807, 2.05) is 6.92 Å². The van der Waals surface area contributed by atoms with Gasteiger partial charge in [0.15, 0.2) is 0 Å². The minimum absolute atomic E-state index is 0.00718. The molecule has 29 heavy (non-hydrogen) atoms. The van der Waals surface area contributed by atoms with E-state index < -0.39 is 4.92 Å². The fourth-order valence-electron chi connectivity index (χ4n) is 3.25. The summed E-state index contributed by atoms with van der Waals surface area (Å²) in [4.78, 5) is 43.5. The van der Waals surface area contributed by atoms with Crippen LogP contribution >= 0.6 is 11.3 Å². The Hall–Kier alpha value is -2.85. The van der Waals surface area contributed by atoms with Crippen LogP contribution in [0.3, 0.4) is 0 Å². The predicted molar refractivity (Wildman–Crippen MR) is 110 cm³/mol. The molecule has 2 aromatic rings. The summed E-state index contributed by atoms with van der Waals surface area (Å²) in [7, 11) is 1.66. The van der Waals surface area contributed by atoms with Gasteiger partial charge < -0.3 is 10.2 Å². The summed E-state index contributed by atoms with van der Waals surface area (Å²) < 4.78 is 0. The lowest BCUT2D eigenvalue weighted by Gasteiger charge is -2.32. The van der Waals surface area contributed by atoms with Crippen LogP contribution in [0, 0.1) is 17.0 Å². The molecule has 0 aliphatic carbocycles. The lowest BCUT2D eigenvalue weighted by Crippen LogP contribution is -2.47. The molecular formula is C19H23N5O4S. The van der Waals surface area contributed by atoms with Gasteiger partial charge in [0.1, 0.15) is 4.88 Å². The zero-order valence-corrected chi connectivity index (χ0v) is 17.1. The van der Waals surface area contributed by atoms with Crippen LogP contribution < -0.4 is 10.2 Å². The number of rotatable bonds is 6. The average molecular weight is 417 g/mol. The van der Waals surface area contributed by atoms with Gasteiger partial charge in [-0.3, -0.25) is 24.6 Å². The van der Waals surface area contributed by atoms with Crippen molar-refractivity contribution >= 4 is 34.5 Å². The highest BCUT2D eigenvalue weighted by atomic mass is 32.1. The summed E-state index contributed by atoms with van der Waals surface area (Å²) in [6.45, 7) is 3.52. The van der Waals surface area contributed by atoms with Gasteiger partial charge in [0.25, 0.3) is 11.6 Å². The number of aryl methyl sites for hydroxylation is 1. The Morgan fingerprint density at radius 2 is 1.97 bits per heavy atom. The van der Waals surface area contributed by atoms with E-state index in [0.717, 1.165) is 18.5 Å². The maximum Gasteiger partial charge on any atom is 0.269 e. The fraction of sp³-hybridized carbons (Fsp3) is 0.421. The number of non-ortho nitro benzene ring substituents is 1. The molecular weight excluding hydrogens is 394 g/mol. The zero-order chi connectivity index (χ0) is 21.0. The first-order chi connectivity index (χ1) is 13.8. The van der Waals surface area contributed by atoms with Gasteiger partial charge in [0.2, 0.25) is 5.91 Å². The van der Waals surface area contributed by atoms with E-state index in [1.165, 1.54) is 28.4 Å². The van der Waals surface area contributed by atoms with Gasteiger partial charge in [-0.05, 0) is 31.9 Å². The topological polar surface area (TPSA) is 109 Å². The number of benzene rings is 1. The molecule has 1 saturated heterocycles. The van der Waals surface area contributed by atoms with Gasteiger partial charge in [-0.25, -0.2) is 4.98 Å². The van der Waals surface area contributed by atoms with E-state index in [0.29, 0.717) is 23.7 Å². The SMILES string of the molecule is Cc1ncsc1C(=O)NC1CCN(CC(=O)N(C)c2ccc([N+](=O)[O-])cc2)CC1. The molecule has 10 heteroatoms. The molecule has 3 rings (SSSR count). The van der Waals surface area contributed by atoms with Crippen LogP contribution in [0.15, 0.2) is 29.8 Å². The minimum Gasteiger partial charge on any atom is -0.348 e. The van der Waals surface area contributed by atoms with Crippen LogP contribution in [0.4, 0.5) is 11.4 Å². The van der Waals surface area contributed by atoms with Crippen molar-refractivity contribution in [3.8, 4) is 0 Å². The largest absolute Gasteiger partial charge is 0.348 e. The van der Waals surface area contributed by atoms with Crippen molar-refractivity contribution in [1.82, 2.24) is 15.2 Å². The molecule has 0 atom stereocenters. The number of nitro groups is 1. The van der Waals surface area contributed by atoms with Gasteiger partial charge in [0, 0.05) is 44.0 Å². The molecule has 0 spiro atoms. The molecule has 0 saturated carbocycles. The molecule has 1 aliphatic rings. The van der Waals surface area contributed by atoms with Crippen LogP contribution in [0.25, 0.3) is 0 Å². The second kappa shape index (κ2) is 9.10. The number of nitrogens with zero attached hydrogens (tertiary/aromatic N) is 4. The standard InChI is InChI=1S/C19H23N5O4S/c1-13-18(29-12-20-13)19(26)21-14-7-9-23(10-8-14)11-17(25)22(2)15-3-5-16(6-4-15)24(27)28/h3-6,12,14H,7-11H2,1-2H3,(H,21,26). The first kappa shape index (κ1) is 20.9. The third-order valence-corrected chi connectivity index (χ3v) is 5.98. The Labute approximate surface area is 172 Å². The highest BCUT2D eigenvalue weighted by molar-refractivity contribution is 7.11. The van der Waals surface area contributed by atoms with Gasteiger partial charge in [-0.1, -0.05) is 0 Å². The van der Waals surface area contributed by atoms with Crippen molar-refractivity contribution in [2.75, 3.05) is 31.6 Å². The number of nitro benzene ring substituents is 1. The number of likely N-dealkylation sites (N-methyl/N-ethyl adjacent to an activating group) is 1. The van der Waals surface area contributed by atoms with Crippen molar-refractivity contribution < 1.29 is 14.5 Å². The number of likely N-dealkylation sites (tertiary alicyclic amines) is 1. The molecule has 154 valence electrons. The number of aromatic nitrogens is 1. The lowest BCUT2D eigenvalue weighted by molar-refractivity contribution is -0.384. The number of piperidine rings is 1. The quantitative estimate of drug-likeness (QED) is 0.570. The summed E-state index contributed by atoms with van der Waals surface area (Å²) in [6, 6.07) is 6.00. The number of thiazole rings is 1. The maximum atomic E-state index is 12.6. The van der Waals surface area contributed by atoms with Crippen molar-refractivity contribution in [1.29, 1.82) is 0 Å². The van der Waals surface area contributed by atoms with Crippen LogP contribution in [0.2, 0.25) is 0 Å². The lowest BCUT2D eigenvalue weighted by atomic mass is 10.0. The van der Waals surface area contributed by atoms with Gasteiger partial charge in [-0.2, -0.15) is 0 Å².